The standard InChI is InChI=1S/C37H28O3/c1-38-35-31(33-27-16-8-4-12-23(27)20-24-13-5-9-17-28(24)33)22-32(36(39-2)37(35)40-3)34-29-18-10-6-14-25(29)21-26-15-7-11-19-30(26)34/h4-22H,1-3H3. The Kier molecular flexibility index (Phi) is 5.78. The van der Waals surface area contributed by atoms with Crippen molar-refractivity contribution in [2.45, 2.75) is 0 Å². The minimum absolute atomic E-state index is 0.575. The predicted octanol–water partition coefficient (Wildman–Crippen LogP) is 9.66. The van der Waals surface area contributed by atoms with Crippen LogP contribution in [0.4, 0.5) is 0 Å². The smallest absolute Gasteiger partial charge is 0.204 e. The van der Waals surface area contributed by atoms with Gasteiger partial charge in [0, 0.05) is 22.3 Å². The van der Waals surface area contributed by atoms with E-state index in [1.165, 1.54) is 21.5 Å². The van der Waals surface area contributed by atoms with Crippen LogP contribution in [-0.4, -0.2) is 21.3 Å². The zero-order valence-corrected chi connectivity index (χ0v) is 22.7. The highest BCUT2D eigenvalue weighted by Crippen LogP contribution is 2.54. The van der Waals surface area contributed by atoms with E-state index in [-0.39, 0.29) is 0 Å². The Morgan fingerprint density at radius 2 is 0.650 bits per heavy atom. The van der Waals surface area contributed by atoms with Crippen molar-refractivity contribution in [3.8, 4) is 39.5 Å². The first-order valence-electron chi connectivity index (χ1n) is 13.4. The van der Waals surface area contributed by atoms with Crippen LogP contribution in [0.3, 0.4) is 0 Å². The third-order valence-electron chi connectivity index (χ3n) is 7.88. The summed E-state index contributed by atoms with van der Waals surface area (Å²) in [5, 5.41) is 9.30. The van der Waals surface area contributed by atoms with Crippen LogP contribution in [0, 0.1) is 0 Å². The van der Waals surface area contributed by atoms with Gasteiger partial charge in [0.25, 0.3) is 0 Å². The van der Waals surface area contributed by atoms with Crippen LogP contribution in [0.1, 0.15) is 0 Å². The summed E-state index contributed by atoms with van der Waals surface area (Å²) in [5.74, 6) is 1.87. The molecule has 0 fully saturated rings. The van der Waals surface area contributed by atoms with Gasteiger partial charge >= 0.3 is 0 Å². The molecule has 0 saturated carbocycles. The molecule has 0 spiro atoms. The van der Waals surface area contributed by atoms with Crippen LogP contribution >= 0.6 is 0 Å². The molecule has 0 amide bonds. The van der Waals surface area contributed by atoms with E-state index < -0.39 is 0 Å². The first-order chi connectivity index (χ1) is 19.7. The van der Waals surface area contributed by atoms with Gasteiger partial charge in [0.1, 0.15) is 0 Å². The zero-order valence-electron chi connectivity index (χ0n) is 22.7. The van der Waals surface area contributed by atoms with Gasteiger partial charge in [-0.25, -0.2) is 0 Å². The monoisotopic (exact) mass is 520 g/mol. The Morgan fingerprint density at radius 1 is 0.350 bits per heavy atom. The van der Waals surface area contributed by atoms with Crippen LogP contribution in [0.15, 0.2) is 115 Å². The van der Waals surface area contributed by atoms with E-state index in [1.54, 1.807) is 21.3 Å². The fraction of sp³-hybridized carbons (Fsp3) is 0.0811. The number of methoxy groups -OCH3 is 3. The number of ether oxygens (including phenoxy) is 3. The zero-order chi connectivity index (χ0) is 27.2. The molecule has 0 aliphatic rings. The van der Waals surface area contributed by atoms with Gasteiger partial charge in [0.05, 0.1) is 21.3 Å². The van der Waals surface area contributed by atoms with Crippen molar-refractivity contribution < 1.29 is 14.2 Å². The summed E-state index contributed by atoms with van der Waals surface area (Å²) in [4.78, 5) is 0. The molecule has 3 heteroatoms. The number of benzene rings is 7. The maximum atomic E-state index is 6.12. The van der Waals surface area contributed by atoms with Crippen LogP contribution < -0.4 is 14.2 Å². The van der Waals surface area contributed by atoms with Crippen molar-refractivity contribution in [1.29, 1.82) is 0 Å². The highest BCUT2D eigenvalue weighted by atomic mass is 16.5. The molecule has 7 aromatic rings. The quantitative estimate of drug-likeness (QED) is 0.211. The minimum atomic E-state index is 0.575. The highest BCUT2D eigenvalue weighted by Gasteiger charge is 2.26. The van der Waals surface area contributed by atoms with Crippen LogP contribution in [0.25, 0.3) is 65.3 Å². The lowest BCUT2D eigenvalue weighted by Crippen LogP contribution is -2.01. The summed E-state index contributed by atoms with van der Waals surface area (Å²) in [7, 11) is 5.07. The highest BCUT2D eigenvalue weighted by molar-refractivity contribution is 6.17. The Hall–Kier alpha value is -5.02. The maximum Gasteiger partial charge on any atom is 0.204 e. The van der Waals surface area contributed by atoms with Gasteiger partial charge in [0.15, 0.2) is 11.5 Å². The van der Waals surface area contributed by atoms with Crippen LogP contribution in [-0.2, 0) is 0 Å². The van der Waals surface area contributed by atoms with Crippen molar-refractivity contribution >= 4 is 43.1 Å². The Morgan fingerprint density at radius 3 is 0.950 bits per heavy atom. The molecule has 7 rings (SSSR count). The fourth-order valence-electron chi connectivity index (χ4n) is 6.19. The van der Waals surface area contributed by atoms with Crippen molar-refractivity contribution in [2.75, 3.05) is 21.3 Å². The molecule has 0 aromatic heterocycles. The molecule has 7 aromatic carbocycles. The van der Waals surface area contributed by atoms with E-state index in [4.69, 9.17) is 14.2 Å². The summed E-state index contributed by atoms with van der Waals surface area (Å²) in [6.07, 6.45) is 0. The molecule has 0 aliphatic carbocycles. The van der Waals surface area contributed by atoms with Gasteiger partial charge in [0.2, 0.25) is 5.75 Å². The molecule has 0 aliphatic heterocycles. The first-order valence-corrected chi connectivity index (χ1v) is 13.4. The lowest BCUT2D eigenvalue weighted by molar-refractivity contribution is 0.326. The van der Waals surface area contributed by atoms with E-state index in [0.717, 1.165) is 43.8 Å². The molecule has 0 unspecified atom stereocenters. The molecule has 194 valence electrons. The van der Waals surface area contributed by atoms with E-state index in [2.05, 4.69) is 115 Å². The van der Waals surface area contributed by atoms with Crippen LogP contribution in [0.5, 0.6) is 17.2 Å². The maximum absolute atomic E-state index is 6.12. The van der Waals surface area contributed by atoms with Gasteiger partial charge in [-0.2, -0.15) is 0 Å². The summed E-state index contributed by atoms with van der Waals surface area (Å²) in [6, 6.07) is 40.8. The molecule has 0 N–H and O–H groups in total. The van der Waals surface area contributed by atoms with Crippen molar-refractivity contribution in [3.63, 3.8) is 0 Å². The average Bonchev–Trinajstić information content (AvgIpc) is 3.01. The molecule has 3 nitrogen and oxygen atoms in total. The van der Waals surface area contributed by atoms with Crippen molar-refractivity contribution in [1.82, 2.24) is 0 Å². The minimum Gasteiger partial charge on any atom is -0.492 e. The fourth-order valence-corrected chi connectivity index (χ4v) is 6.19. The predicted molar refractivity (Wildman–Crippen MR) is 167 cm³/mol. The summed E-state index contributed by atoms with van der Waals surface area (Å²) in [6.45, 7) is 0. The average molecular weight is 521 g/mol. The second-order valence-electron chi connectivity index (χ2n) is 9.96. The Balaban J connectivity index is 1.71. The molecule has 0 radical (unpaired) electrons. The second kappa shape index (κ2) is 9.62. The van der Waals surface area contributed by atoms with Gasteiger partial charge in [-0.05, 0) is 61.3 Å². The first kappa shape index (κ1) is 24.1. The third-order valence-corrected chi connectivity index (χ3v) is 7.88. The van der Waals surface area contributed by atoms with E-state index in [9.17, 15) is 0 Å². The van der Waals surface area contributed by atoms with E-state index in [1.807, 2.05) is 0 Å². The summed E-state index contributed by atoms with van der Waals surface area (Å²) < 4.78 is 18.3. The van der Waals surface area contributed by atoms with Crippen molar-refractivity contribution in [3.05, 3.63) is 115 Å². The lowest BCUT2D eigenvalue weighted by Gasteiger charge is -2.23. The molecule has 0 atom stereocenters. The molecule has 40 heavy (non-hydrogen) atoms. The van der Waals surface area contributed by atoms with Gasteiger partial charge in [-0.1, -0.05) is 97.1 Å². The molecular weight excluding hydrogens is 492 g/mol. The number of rotatable bonds is 5. The Labute approximate surface area is 233 Å². The van der Waals surface area contributed by atoms with Gasteiger partial charge < -0.3 is 14.2 Å². The summed E-state index contributed by atoms with van der Waals surface area (Å²) in [5.41, 5.74) is 4.13. The third kappa shape index (κ3) is 3.59. The molecule has 0 bridgehead atoms. The Bertz CT molecular complexity index is 1820. The van der Waals surface area contributed by atoms with E-state index in [0.29, 0.717) is 17.2 Å². The number of hydrogen-bond acceptors (Lipinski definition) is 3. The largest absolute Gasteiger partial charge is 0.492 e. The topological polar surface area (TPSA) is 27.7 Å². The second-order valence-corrected chi connectivity index (χ2v) is 9.96. The SMILES string of the molecule is COc1c(-c2c3ccccc3cc3ccccc23)cc(-c2c3ccccc3cc3ccccc23)c(OC)c1OC. The van der Waals surface area contributed by atoms with Crippen molar-refractivity contribution in [2.24, 2.45) is 0 Å². The summed E-state index contributed by atoms with van der Waals surface area (Å²) >= 11 is 0. The lowest BCUT2D eigenvalue weighted by atomic mass is 9.87. The van der Waals surface area contributed by atoms with E-state index >= 15 is 0 Å². The van der Waals surface area contributed by atoms with Crippen LogP contribution in [0.2, 0.25) is 0 Å². The number of fused-ring (bicyclic) bond motifs is 4. The molecule has 0 saturated heterocycles. The normalized spacial score (nSPS) is 11.4. The van der Waals surface area contributed by atoms with Gasteiger partial charge in [-0.15, -0.1) is 0 Å². The molecular formula is C37H28O3. The number of hydrogen-bond donors (Lipinski definition) is 0. The molecule has 0 heterocycles. The van der Waals surface area contributed by atoms with Gasteiger partial charge in [-0.3, -0.25) is 0 Å².